The highest BCUT2D eigenvalue weighted by Crippen LogP contribution is 2.16. The van der Waals surface area contributed by atoms with Crippen LogP contribution in [-0.2, 0) is 0 Å². The van der Waals surface area contributed by atoms with Gasteiger partial charge in [-0.3, -0.25) is 0 Å². The molecule has 0 spiro atoms. The summed E-state index contributed by atoms with van der Waals surface area (Å²) in [7, 11) is 0. The molecule has 0 unspecified atom stereocenters. The van der Waals surface area contributed by atoms with Crippen molar-refractivity contribution in [2.75, 3.05) is 0 Å². The lowest BCUT2D eigenvalue weighted by molar-refractivity contribution is 0.409. The molecule has 19 heavy (non-hydrogen) atoms. The van der Waals surface area contributed by atoms with E-state index in [-0.39, 0.29) is 0 Å². The Bertz CT molecular complexity index is 127. The van der Waals surface area contributed by atoms with Crippen LogP contribution in [0.4, 0.5) is 0 Å². The predicted molar refractivity (Wildman–Crippen MR) is 93.5 cm³/mol. The van der Waals surface area contributed by atoms with Crippen LogP contribution in [0.3, 0.4) is 0 Å². The number of rotatable bonds is 1. The van der Waals surface area contributed by atoms with Gasteiger partial charge in [-0.05, 0) is 12.8 Å². The van der Waals surface area contributed by atoms with Gasteiger partial charge >= 0.3 is 0 Å². The first kappa shape index (κ1) is 26.8. The number of hydrogen-bond acceptors (Lipinski definition) is 1. The summed E-state index contributed by atoms with van der Waals surface area (Å²) < 4.78 is 0. The van der Waals surface area contributed by atoms with Crippen molar-refractivity contribution in [1.82, 2.24) is 5.32 Å². The van der Waals surface area contributed by atoms with Crippen LogP contribution in [0, 0.1) is 12.5 Å². The minimum Gasteiger partial charge on any atom is -0.343 e. The summed E-state index contributed by atoms with van der Waals surface area (Å²) >= 11 is 0. The van der Waals surface area contributed by atoms with Crippen molar-refractivity contribution in [3.8, 4) is 12.5 Å². The lowest BCUT2D eigenvalue weighted by Crippen LogP contribution is -2.26. The van der Waals surface area contributed by atoms with E-state index in [1.165, 1.54) is 44.9 Å². The first-order valence-electron chi connectivity index (χ1n) is 8.47. The zero-order valence-corrected chi connectivity index (χ0v) is 15.1. The minimum atomic E-state index is 0.615. The summed E-state index contributed by atoms with van der Waals surface area (Å²) in [4.78, 5) is 0. The zero-order valence-electron chi connectivity index (χ0n) is 15.1. The first-order valence-corrected chi connectivity index (χ1v) is 8.47. The molecule has 0 saturated heterocycles. The van der Waals surface area contributed by atoms with Crippen molar-refractivity contribution in [1.29, 1.82) is 0 Å². The Hall–Kier alpha value is -0.640. The van der Waals surface area contributed by atoms with Crippen LogP contribution in [0.25, 0.3) is 0 Å². The fourth-order valence-corrected chi connectivity index (χ4v) is 1.36. The predicted octanol–water partition coefficient (Wildman–Crippen LogP) is 6.38. The summed E-state index contributed by atoms with van der Waals surface area (Å²) in [5.41, 5.74) is 0. The molecule has 0 aromatic rings. The molecule has 1 aliphatic carbocycles. The molecular formula is C18H41N. The van der Waals surface area contributed by atoms with E-state index in [4.69, 9.17) is 6.42 Å². The van der Waals surface area contributed by atoms with E-state index in [1.807, 2.05) is 27.7 Å². The lowest BCUT2D eigenvalue weighted by atomic mass is 9.96. The number of hydrogen-bond donors (Lipinski definition) is 1. The molecule has 1 fully saturated rings. The zero-order chi connectivity index (χ0) is 15.9. The second kappa shape index (κ2) is 36.0. The lowest BCUT2D eigenvalue weighted by Gasteiger charge is -2.19. The van der Waals surface area contributed by atoms with E-state index < -0.39 is 0 Å². The Kier molecular flexibility index (Phi) is 50.8. The van der Waals surface area contributed by atoms with Crippen LogP contribution in [0.5, 0.6) is 0 Å². The van der Waals surface area contributed by atoms with Gasteiger partial charge in [0.05, 0.1) is 0 Å². The second-order valence-corrected chi connectivity index (χ2v) is 4.04. The van der Waals surface area contributed by atoms with E-state index in [0.29, 0.717) is 6.04 Å². The molecule has 0 aromatic carbocycles. The highest BCUT2D eigenvalue weighted by molar-refractivity contribution is 4.86. The molecule has 1 N–H and O–H groups in total. The van der Waals surface area contributed by atoms with E-state index in [1.54, 1.807) is 0 Å². The van der Waals surface area contributed by atoms with Gasteiger partial charge in [0.1, 0.15) is 0 Å². The van der Waals surface area contributed by atoms with Gasteiger partial charge in [0.15, 0.2) is 0 Å². The molecule has 0 atom stereocenters. The molecule has 0 bridgehead atoms. The van der Waals surface area contributed by atoms with Gasteiger partial charge in [0.2, 0.25) is 0 Å². The Labute approximate surface area is 125 Å². The van der Waals surface area contributed by atoms with Crippen LogP contribution in [0.15, 0.2) is 0 Å². The van der Waals surface area contributed by atoms with Crippen molar-refractivity contribution in [2.45, 2.75) is 106 Å². The fraction of sp³-hybridized carbons (Fsp3) is 0.889. The van der Waals surface area contributed by atoms with Crippen molar-refractivity contribution in [3.63, 3.8) is 0 Å². The molecule has 0 radical (unpaired) electrons. The summed E-state index contributed by atoms with van der Waals surface area (Å²) in [5.74, 6) is 0. The molecule has 0 aliphatic heterocycles. The number of terminal acetylenes is 1. The van der Waals surface area contributed by atoms with Crippen LogP contribution < -0.4 is 5.32 Å². The SMILES string of the molecule is C#CNC1CCCCC1.CC.CC.CCC.CCC. The molecule has 1 rings (SSSR count). The molecule has 1 aliphatic rings. The van der Waals surface area contributed by atoms with Gasteiger partial charge in [-0.15, -0.1) is 0 Å². The molecule has 0 aromatic heterocycles. The smallest absolute Gasteiger partial charge is 0.0340 e. The van der Waals surface area contributed by atoms with E-state index in [0.717, 1.165) is 0 Å². The highest BCUT2D eigenvalue weighted by atomic mass is 14.9. The second-order valence-electron chi connectivity index (χ2n) is 4.04. The van der Waals surface area contributed by atoms with Crippen molar-refractivity contribution >= 4 is 0 Å². The number of nitrogens with one attached hydrogen (secondary N) is 1. The Morgan fingerprint density at radius 2 is 1.16 bits per heavy atom. The Balaban J connectivity index is -0.0000000951. The first-order chi connectivity index (χ1) is 9.26. The van der Waals surface area contributed by atoms with Gasteiger partial charge in [-0.1, -0.05) is 93.9 Å². The average Bonchev–Trinajstić information content (AvgIpc) is 2.46. The molecule has 1 heteroatoms. The van der Waals surface area contributed by atoms with Crippen LogP contribution in [-0.4, -0.2) is 6.04 Å². The van der Waals surface area contributed by atoms with Crippen molar-refractivity contribution < 1.29 is 0 Å². The monoisotopic (exact) mass is 271 g/mol. The molecule has 118 valence electrons. The topological polar surface area (TPSA) is 12.0 Å². The summed E-state index contributed by atoms with van der Waals surface area (Å²) in [6.45, 7) is 16.5. The van der Waals surface area contributed by atoms with Gasteiger partial charge in [0.25, 0.3) is 0 Å². The van der Waals surface area contributed by atoms with Gasteiger partial charge < -0.3 is 5.32 Å². The Morgan fingerprint density at radius 3 is 1.42 bits per heavy atom. The molecule has 0 amide bonds. The summed E-state index contributed by atoms with van der Waals surface area (Å²) in [5, 5.41) is 3.01. The van der Waals surface area contributed by atoms with Crippen LogP contribution in [0.2, 0.25) is 0 Å². The fourth-order valence-electron chi connectivity index (χ4n) is 1.36. The molecule has 1 saturated carbocycles. The maximum absolute atomic E-state index is 5.10. The standard InChI is InChI=1S/C8H13N.2C3H8.2C2H6/c1-2-9-8-6-4-3-5-7-8;2*1-3-2;2*1-2/h1,8-9H,3-7H2;2*3H2,1-2H3;2*1-2H3. The summed E-state index contributed by atoms with van der Waals surface area (Å²) in [6.07, 6.45) is 14.2. The van der Waals surface area contributed by atoms with Crippen LogP contribution in [0.1, 0.15) is 100 Å². The molecule has 1 nitrogen and oxygen atoms in total. The largest absolute Gasteiger partial charge is 0.343 e. The highest BCUT2D eigenvalue weighted by Gasteiger charge is 2.10. The maximum Gasteiger partial charge on any atom is 0.0340 e. The maximum atomic E-state index is 5.10. The van der Waals surface area contributed by atoms with Crippen molar-refractivity contribution in [3.05, 3.63) is 0 Å². The third-order valence-electron chi connectivity index (χ3n) is 1.89. The van der Waals surface area contributed by atoms with E-state index in [2.05, 4.69) is 39.1 Å². The average molecular weight is 272 g/mol. The van der Waals surface area contributed by atoms with Gasteiger partial charge in [-0.2, -0.15) is 0 Å². The third-order valence-corrected chi connectivity index (χ3v) is 1.89. The van der Waals surface area contributed by atoms with Crippen LogP contribution >= 0.6 is 0 Å². The van der Waals surface area contributed by atoms with Gasteiger partial charge in [-0.25, -0.2) is 0 Å². The van der Waals surface area contributed by atoms with Crippen molar-refractivity contribution in [2.24, 2.45) is 0 Å². The Morgan fingerprint density at radius 1 is 0.842 bits per heavy atom. The van der Waals surface area contributed by atoms with E-state index in [9.17, 15) is 0 Å². The third kappa shape index (κ3) is 38.2. The minimum absolute atomic E-state index is 0.615. The normalized spacial score (nSPS) is 12.4. The quantitative estimate of drug-likeness (QED) is 0.431. The van der Waals surface area contributed by atoms with Gasteiger partial charge in [0, 0.05) is 12.1 Å². The molecular weight excluding hydrogens is 230 g/mol. The van der Waals surface area contributed by atoms with E-state index >= 15 is 0 Å². The molecule has 0 heterocycles. The summed E-state index contributed by atoms with van der Waals surface area (Å²) in [6, 6.07) is 3.10.